The Kier molecular flexibility index (Phi) is 9.73. The molecule has 1 saturated carbocycles. The van der Waals surface area contributed by atoms with E-state index in [2.05, 4.69) is 12.2 Å². The van der Waals surface area contributed by atoms with Crippen LogP contribution in [0.5, 0.6) is 0 Å². The summed E-state index contributed by atoms with van der Waals surface area (Å²) in [4.78, 5) is 26.0. The average molecular weight is 684 g/mol. The standard InChI is InChI=1S/C28H31Cl2F3INO3/c1-16(28(31,32)33)24(17-5-8-20(29)9-6-17)25(37)35-22-13-18(7-10-21(22)30)19(15-27(4)11-12-27)14-23(36)38-26(2,3)34/h5-10,13,16,19,24H,11-12,14-15H2,1-4H3,(H,35,37)/t16-,19?,24+/m1/s1. The molecule has 0 saturated heterocycles. The molecule has 4 nitrogen and oxygen atoms in total. The van der Waals surface area contributed by atoms with Crippen LogP contribution < -0.4 is 5.32 Å². The van der Waals surface area contributed by atoms with E-state index in [9.17, 15) is 22.8 Å². The van der Waals surface area contributed by atoms with Crippen molar-refractivity contribution in [2.45, 2.75) is 75.0 Å². The number of hydrogen-bond donors (Lipinski definition) is 1. The fraction of sp³-hybridized carbons (Fsp3) is 0.500. The lowest BCUT2D eigenvalue weighted by atomic mass is 9.84. The minimum Gasteiger partial charge on any atom is -0.449 e. The van der Waals surface area contributed by atoms with Crippen molar-refractivity contribution in [1.82, 2.24) is 0 Å². The molecule has 0 aliphatic heterocycles. The second kappa shape index (κ2) is 11.9. The molecule has 1 N–H and O–H groups in total. The van der Waals surface area contributed by atoms with E-state index in [1.165, 1.54) is 24.3 Å². The van der Waals surface area contributed by atoms with Crippen molar-refractivity contribution in [3.63, 3.8) is 0 Å². The Morgan fingerprint density at radius 2 is 1.66 bits per heavy atom. The van der Waals surface area contributed by atoms with Crippen LogP contribution in [0.15, 0.2) is 42.5 Å². The van der Waals surface area contributed by atoms with Crippen molar-refractivity contribution in [2.24, 2.45) is 11.3 Å². The zero-order valence-corrected chi connectivity index (χ0v) is 25.3. The van der Waals surface area contributed by atoms with Crippen molar-refractivity contribution in [2.75, 3.05) is 5.32 Å². The minimum atomic E-state index is -4.61. The molecule has 38 heavy (non-hydrogen) atoms. The Morgan fingerprint density at radius 1 is 1.08 bits per heavy atom. The zero-order chi connectivity index (χ0) is 28.5. The van der Waals surface area contributed by atoms with Crippen molar-refractivity contribution in [3.8, 4) is 0 Å². The maximum atomic E-state index is 13.7. The Hall–Kier alpha value is -1.52. The molecule has 0 spiro atoms. The van der Waals surface area contributed by atoms with Gasteiger partial charge in [-0.15, -0.1) is 0 Å². The van der Waals surface area contributed by atoms with Gasteiger partial charge in [0.1, 0.15) is 0 Å². The van der Waals surface area contributed by atoms with Gasteiger partial charge in [0.2, 0.25) is 5.91 Å². The van der Waals surface area contributed by atoms with Crippen molar-refractivity contribution in [3.05, 3.63) is 63.6 Å². The predicted molar refractivity (Wildman–Crippen MR) is 153 cm³/mol. The van der Waals surface area contributed by atoms with Crippen molar-refractivity contribution >= 4 is 63.4 Å². The first kappa shape index (κ1) is 31.0. The van der Waals surface area contributed by atoms with Gasteiger partial charge in [-0.05, 0) is 102 Å². The van der Waals surface area contributed by atoms with Gasteiger partial charge in [-0.3, -0.25) is 9.59 Å². The van der Waals surface area contributed by atoms with Crippen LogP contribution >= 0.6 is 45.8 Å². The molecule has 3 rings (SSSR count). The lowest BCUT2D eigenvalue weighted by Gasteiger charge is -2.27. The highest BCUT2D eigenvalue weighted by molar-refractivity contribution is 14.1. The first-order valence-corrected chi connectivity index (χ1v) is 14.1. The summed E-state index contributed by atoms with van der Waals surface area (Å²) in [6.07, 6.45) is -1.64. The average Bonchev–Trinajstić information content (AvgIpc) is 3.51. The fourth-order valence-electron chi connectivity index (χ4n) is 4.46. The molecule has 1 aliphatic rings. The number of anilines is 1. The molecule has 2 aromatic carbocycles. The first-order valence-electron chi connectivity index (χ1n) is 12.3. The lowest BCUT2D eigenvalue weighted by Crippen LogP contribution is -2.34. The summed E-state index contributed by atoms with van der Waals surface area (Å²) < 4.78 is 46.1. The molecule has 0 bridgehead atoms. The van der Waals surface area contributed by atoms with Gasteiger partial charge < -0.3 is 10.1 Å². The third-order valence-electron chi connectivity index (χ3n) is 6.86. The maximum absolute atomic E-state index is 13.7. The molecule has 1 unspecified atom stereocenters. The highest BCUT2D eigenvalue weighted by Gasteiger charge is 2.45. The summed E-state index contributed by atoms with van der Waals surface area (Å²) in [6.45, 7) is 6.71. The lowest BCUT2D eigenvalue weighted by molar-refractivity contribution is -0.178. The van der Waals surface area contributed by atoms with E-state index >= 15 is 0 Å². The minimum absolute atomic E-state index is 0.107. The fourth-order valence-corrected chi connectivity index (χ4v) is 5.00. The second-order valence-electron chi connectivity index (χ2n) is 10.8. The number of alkyl halides is 4. The SMILES string of the molecule is C[C@H]([C@H](C(=O)Nc1cc(C(CC(=O)OC(C)(C)I)CC2(C)CC2)ccc1Cl)c1ccc(Cl)cc1)C(F)(F)F. The molecule has 0 radical (unpaired) electrons. The Balaban J connectivity index is 1.91. The smallest absolute Gasteiger partial charge is 0.392 e. The van der Waals surface area contributed by atoms with Crippen LogP contribution in [0.4, 0.5) is 18.9 Å². The number of hydrogen-bond acceptors (Lipinski definition) is 3. The molecule has 208 valence electrons. The monoisotopic (exact) mass is 683 g/mol. The number of halogens is 6. The van der Waals surface area contributed by atoms with E-state index in [0.29, 0.717) is 5.02 Å². The van der Waals surface area contributed by atoms with E-state index in [-0.39, 0.29) is 40.0 Å². The van der Waals surface area contributed by atoms with E-state index in [1.54, 1.807) is 32.0 Å². The van der Waals surface area contributed by atoms with Gasteiger partial charge in [0, 0.05) is 5.02 Å². The summed E-state index contributed by atoms with van der Waals surface area (Å²) in [7, 11) is 0. The van der Waals surface area contributed by atoms with Crippen LogP contribution in [0.1, 0.15) is 76.3 Å². The summed E-state index contributed by atoms with van der Waals surface area (Å²) in [5.41, 5.74) is 1.24. The van der Waals surface area contributed by atoms with Gasteiger partial charge in [0.25, 0.3) is 0 Å². The normalized spacial score (nSPS) is 17.3. The van der Waals surface area contributed by atoms with Gasteiger partial charge in [0.05, 0.1) is 29.0 Å². The summed E-state index contributed by atoms with van der Waals surface area (Å²) in [6, 6.07) is 10.8. The number of ether oxygens (including phenoxy) is 1. The van der Waals surface area contributed by atoms with Crippen LogP contribution in [0.25, 0.3) is 0 Å². The van der Waals surface area contributed by atoms with E-state index in [1.807, 2.05) is 22.6 Å². The third kappa shape index (κ3) is 8.74. The van der Waals surface area contributed by atoms with E-state index in [0.717, 1.165) is 31.7 Å². The summed E-state index contributed by atoms with van der Waals surface area (Å²) in [5, 5.41) is 3.15. The van der Waals surface area contributed by atoms with Crippen LogP contribution in [0.2, 0.25) is 10.0 Å². The van der Waals surface area contributed by atoms with Gasteiger partial charge >= 0.3 is 12.1 Å². The molecule has 1 amide bonds. The third-order valence-corrected chi connectivity index (χ3v) is 7.66. The van der Waals surface area contributed by atoms with Gasteiger partial charge in [-0.1, -0.05) is 55.2 Å². The number of carbonyl (C=O) groups is 2. The number of amides is 1. The Labute approximate surface area is 245 Å². The number of nitrogens with one attached hydrogen (secondary N) is 1. The van der Waals surface area contributed by atoms with Crippen LogP contribution in [-0.4, -0.2) is 21.7 Å². The largest absolute Gasteiger partial charge is 0.449 e. The summed E-state index contributed by atoms with van der Waals surface area (Å²) >= 11 is 14.3. The van der Waals surface area contributed by atoms with E-state index in [4.69, 9.17) is 27.9 Å². The molecule has 0 aromatic heterocycles. The van der Waals surface area contributed by atoms with Crippen molar-refractivity contribution < 1.29 is 27.5 Å². The zero-order valence-electron chi connectivity index (χ0n) is 21.6. The topological polar surface area (TPSA) is 55.4 Å². The van der Waals surface area contributed by atoms with Gasteiger partial charge in [-0.25, -0.2) is 0 Å². The second-order valence-corrected chi connectivity index (χ2v) is 14.3. The number of esters is 1. The molecule has 1 aliphatic carbocycles. The number of benzene rings is 2. The van der Waals surface area contributed by atoms with Gasteiger partial charge in [-0.2, -0.15) is 13.2 Å². The Morgan fingerprint density at radius 3 is 2.18 bits per heavy atom. The Bertz CT molecular complexity index is 1160. The van der Waals surface area contributed by atoms with Gasteiger partial charge in [0.15, 0.2) is 3.61 Å². The van der Waals surface area contributed by atoms with Crippen LogP contribution in [0.3, 0.4) is 0 Å². The molecule has 10 heteroatoms. The summed E-state index contributed by atoms with van der Waals surface area (Å²) in [5.74, 6) is -4.87. The predicted octanol–water partition coefficient (Wildman–Crippen LogP) is 9.29. The highest BCUT2D eigenvalue weighted by Crippen LogP contribution is 2.52. The molecular weight excluding hydrogens is 653 g/mol. The molecule has 1 fully saturated rings. The number of rotatable bonds is 10. The first-order chi connectivity index (χ1) is 17.5. The van der Waals surface area contributed by atoms with Crippen molar-refractivity contribution in [1.29, 1.82) is 0 Å². The van der Waals surface area contributed by atoms with Crippen LogP contribution in [-0.2, 0) is 14.3 Å². The molecule has 2 aromatic rings. The van der Waals surface area contributed by atoms with E-state index < -0.39 is 27.5 Å². The highest BCUT2D eigenvalue weighted by atomic mass is 127. The number of carbonyl (C=O) groups excluding carboxylic acids is 2. The maximum Gasteiger partial charge on any atom is 0.392 e. The quantitative estimate of drug-likeness (QED) is 0.154. The van der Waals surface area contributed by atoms with Crippen LogP contribution in [0, 0.1) is 11.3 Å². The molecule has 3 atom stereocenters. The molecule has 0 heterocycles. The molecular formula is C28H31Cl2F3INO3.